The second-order valence-corrected chi connectivity index (χ2v) is 12.8. The zero-order valence-corrected chi connectivity index (χ0v) is 33.3. The van der Waals surface area contributed by atoms with Crippen LogP contribution >= 0.6 is 0 Å². The van der Waals surface area contributed by atoms with Gasteiger partial charge in [-0.2, -0.15) is 30.7 Å². The van der Waals surface area contributed by atoms with Crippen molar-refractivity contribution < 1.29 is 9.59 Å². The van der Waals surface area contributed by atoms with Crippen molar-refractivity contribution >= 4 is 62.8 Å². The van der Waals surface area contributed by atoms with Gasteiger partial charge in [-0.05, 0) is 161 Å². The van der Waals surface area contributed by atoms with Crippen LogP contribution in [-0.4, -0.2) is 38.8 Å². The maximum Gasteiger partial charge on any atom is 0.159 e. The molecule has 0 aliphatic rings. The maximum absolute atomic E-state index is 11.3. The van der Waals surface area contributed by atoms with Gasteiger partial charge in [0.05, 0.1) is 34.1 Å². The number of para-hydroxylation sites is 1. The molecule has 6 aromatic rings. The zero-order valence-electron chi connectivity index (χ0n) is 33.3. The molecule has 11 heteroatoms. The first-order valence-corrected chi connectivity index (χ1v) is 18.5. The third-order valence-electron chi connectivity index (χ3n) is 8.57. The molecule has 0 unspecified atom stereocenters. The van der Waals surface area contributed by atoms with E-state index in [4.69, 9.17) is 5.73 Å². The van der Waals surface area contributed by atoms with Crippen LogP contribution < -0.4 is 15.5 Å². The number of hydrogen-bond acceptors (Lipinski definition) is 11. The summed E-state index contributed by atoms with van der Waals surface area (Å²) >= 11 is 0. The van der Waals surface area contributed by atoms with Gasteiger partial charge in [-0.3, -0.25) is 9.59 Å². The Kier molecular flexibility index (Phi) is 16.7. The van der Waals surface area contributed by atoms with Crippen molar-refractivity contribution in [3.05, 3.63) is 163 Å². The number of anilines is 3. The summed E-state index contributed by atoms with van der Waals surface area (Å²) < 4.78 is 0. The summed E-state index contributed by atoms with van der Waals surface area (Å²) in [5.41, 5.74) is 14.4. The summed E-state index contributed by atoms with van der Waals surface area (Å²) in [6, 6.07) is 46.8. The molecule has 0 heterocycles. The highest BCUT2D eigenvalue weighted by molar-refractivity contribution is 5.94. The molecule has 0 aromatic heterocycles. The lowest BCUT2D eigenvalue weighted by Gasteiger charge is -2.16. The minimum absolute atomic E-state index is 0.0301. The first-order valence-electron chi connectivity index (χ1n) is 18.5. The number of carbonyl (C=O) groups excluding carboxylic acids is 2. The van der Waals surface area contributed by atoms with E-state index in [1.165, 1.54) is 19.5 Å². The van der Waals surface area contributed by atoms with Gasteiger partial charge in [0, 0.05) is 55.4 Å². The van der Waals surface area contributed by atoms with Crippen molar-refractivity contribution in [2.24, 2.45) is 30.7 Å². The molecule has 0 saturated carbocycles. The van der Waals surface area contributed by atoms with E-state index < -0.39 is 0 Å². The van der Waals surface area contributed by atoms with Gasteiger partial charge in [-0.1, -0.05) is 18.2 Å². The summed E-state index contributed by atoms with van der Waals surface area (Å²) in [5.74, 6) is 0.0690. The van der Waals surface area contributed by atoms with Gasteiger partial charge >= 0.3 is 0 Å². The van der Waals surface area contributed by atoms with E-state index in [0.29, 0.717) is 33.9 Å². The van der Waals surface area contributed by atoms with Crippen molar-refractivity contribution in [3.8, 4) is 0 Å². The smallest absolute Gasteiger partial charge is 0.159 e. The third-order valence-corrected chi connectivity index (χ3v) is 8.57. The fourth-order valence-corrected chi connectivity index (χ4v) is 4.82. The number of azo groups is 3. The standard InChI is InChI=1S/C23H23N5O.C14H13N3O.C9H13N/c1-4-28(3)23-15-13-22(14-16-23)27-26-21-11-9-20(10-12-21)25-24-19-7-5-18(6-8-19)17(2)29;1-10(18)11-2-6-13(7-3-11)16-17-14-8-4-12(15)5-9-14;1-3-10(2)9-7-5-4-6-8-9/h5-16H,4H2,1-3H3;2-9H,15H2,1H3;4-8H,3H2,1-2H3. The monoisotopic (exact) mass is 759 g/mol. The zero-order chi connectivity index (χ0) is 41.0. The molecule has 0 radical (unpaired) electrons. The Bertz CT molecular complexity index is 2220. The van der Waals surface area contributed by atoms with Crippen LogP contribution in [-0.2, 0) is 0 Å². The summed E-state index contributed by atoms with van der Waals surface area (Å²) in [7, 11) is 4.14. The molecule has 0 fully saturated rings. The first-order chi connectivity index (χ1) is 27.5. The van der Waals surface area contributed by atoms with Crippen molar-refractivity contribution in [3.63, 3.8) is 0 Å². The van der Waals surface area contributed by atoms with Crippen LogP contribution in [0.2, 0.25) is 0 Å². The Morgan fingerprint density at radius 2 is 0.684 bits per heavy atom. The Labute approximate surface area is 335 Å². The van der Waals surface area contributed by atoms with Gasteiger partial charge in [0.25, 0.3) is 0 Å². The molecule has 2 N–H and O–H groups in total. The molecule has 57 heavy (non-hydrogen) atoms. The van der Waals surface area contributed by atoms with Gasteiger partial charge in [0.15, 0.2) is 11.6 Å². The summed E-state index contributed by atoms with van der Waals surface area (Å²) in [6.07, 6.45) is 0. The second kappa shape index (κ2) is 22.3. The van der Waals surface area contributed by atoms with Crippen LogP contribution in [0.3, 0.4) is 0 Å². The van der Waals surface area contributed by atoms with E-state index in [-0.39, 0.29) is 11.6 Å². The fourth-order valence-electron chi connectivity index (χ4n) is 4.82. The van der Waals surface area contributed by atoms with Crippen LogP contribution in [0.4, 0.5) is 51.2 Å². The summed E-state index contributed by atoms with van der Waals surface area (Å²) in [4.78, 5) is 26.8. The molecule has 0 amide bonds. The van der Waals surface area contributed by atoms with Crippen LogP contribution in [0.1, 0.15) is 48.4 Å². The van der Waals surface area contributed by atoms with E-state index >= 15 is 0 Å². The molecule has 0 saturated heterocycles. The Morgan fingerprint density at radius 3 is 0.982 bits per heavy atom. The molecular formula is C46H49N9O2. The molecule has 0 atom stereocenters. The van der Waals surface area contributed by atoms with E-state index in [1.807, 2.05) is 54.6 Å². The lowest BCUT2D eigenvalue weighted by Crippen LogP contribution is -2.15. The normalized spacial score (nSPS) is 10.8. The molecule has 0 bridgehead atoms. The van der Waals surface area contributed by atoms with Crippen LogP contribution in [0.5, 0.6) is 0 Å². The van der Waals surface area contributed by atoms with Crippen LogP contribution in [0.15, 0.2) is 182 Å². The van der Waals surface area contributed by atoms with Crippen molar-refractivity contribution in [1.82, 2.24) is 0 Å². The molecule has 6 aromatic carbocycles. The van der Waals surface area contributed by atoms with Gasteiger partial charge in [0.2, 0.25) is 0 Å². The van der Waals surface area contributed by atoms with Gasteiger partial charge < -0.3 is 15.5 Å². The SMILES string of the molecule is CC(=O)c1ccc(N=Nc2ccc(N)cc2)cc1.CCN(C)c1ccc(N=Nc2ccc(N=Nc3ccc(C(C)=O)cc3)cc2)cc1.CCN(C)c1ccccc1. The summed E-state index contributed by atoms with van der Waals surface area (Å²) in [5, 5.41) is 25.1. The third kappa shape index (κ3) is 14.6. The van der Waals surface area contributed by atoms with Crippen LogP contribution in [0.25, 0.3) is 0 Å². The van der Waals surface area contributed by atoms with Crippen LogP contribution in [0, 0.1) is 0 Å². The van der Waals surface area contributed by atoms with E-state index in [1.54, 1.807) is 72.8 Å². The Hall–Kier alpha value is -7.14. The number of nitrogens with two attached hydrogens (primary N) is 1. The van der Waals surface area contributed by atoms with E-state index in [9.17, 15) is 9.59 Å². The van der Waals surface area contributed by atoms with Crippen molar-refractivity contribution in [1.29, 1.82) is 0 Å². The molecule has 0 aliphatic carbocycles. The molecule has 0 aliphatic heterocycles. The largest absolute Gasteiger partial charge is 0.399 e. The highest BCUT2D eigenvalue weighted by Crippen LogP contribution is 2.25. The molecule has 6 rings (SSSR count). The van der Waals surface area contributed by atoms with Crippen molar-refractivity contribution in [2.45, 2.75) is 27.7 Å². The first kappa shape index (κ1) is 42.6. The molecule has 11 nitrogen and oxygen atoms in total. The van der Waals surface area contributed by atoms with E-state index in [0.717, 1.165) is 35.8 Å². The topological polar surface area (TPSA) is 141 Å². The lowest BCUT2D eigenvalue weighted by atomic mass is 10.1. The number of nitrogens with zero attached hydrogens (tertiary/aromatic N) is 8. The average Bonchev–Trinajstić information content (AvgIpc) is 3.25. The summed E-state index contributed by atoms with van der Waals surface area (Å²) in [6.45, 7) is 9.34. The van der Waals surface area contributed by atoms with Crippen molar-refractivity contribution in [2.75, 3.05) is 42.7 Å². The molecule has 0 spiro atoms. The Balaban J connectivity index is 0.000000217. The number of nitrogen functional groups attached to an aromatic ring is 1. The predicted molar refractivity (Wildman–Crippen MR) is 233 cm³/mol. The predicted octanol–water partition coefficient (Wildman–Crippen LogP) is 13.2. The fraction of sp³-hybridized carbons (Fsp3) is 0.174. The average molecular weight is 760 g/mol. The highest BCUT2D eigenvalue weighted by Gasteiger charge is 2.01. The minimum Gasteiger partial charge on any atom is -0.399 e. The van der Waals surface area contributed by atoms with E-state index in [2.05, 4.69) is 92.7 Å². The number of benzene rings is 6. The number of rotatable bonds is 12. The number of Topliss-reactive ketones (excluding diaryl/α,β-unsaturated/α-hetero) is 2. The number of ketones is 2. The quantitative estimate of drug-likeness (QED) is 0.0751. The number of carbonyl (C=O) groups is 2. The molecular weight excluding hydrogens is 711 g/mol. The molecule has 290 valence electrons. The highest BCUT2D eigenvalue weighted by atomic mass is 16.1. The van der Waals surface area contributed by atoms with Gasteiger partial charge in [0.1, 0.15) is 0 Å². The maximum atomic E-state index is 11.3. The van der Waals surface area contributed by atoms with Gasteiger partial charge in [-0.15, -0.1) is 0 Å². The number of hydrogen-bond donors (Lipinski definition) is 1. The van der Waals surface area contributed by atoms with Gasteiger partial charge in [-0.25, -0.2) is 0 Å². The minimum atomic E-state index is 0.0301. The second-order valence-electron chi connectivity index (χ2n) is 12.8. The lowest BCUT2D eigenvalue weighted by molar-refractivity contribution is 0.100. The Morgan fingerprint density at radius 1 is 0.421 bits per heavy atom.